The van der Waals surface area contributed by atoms with Gasteiger partial charge in [0, 0.05) is 5.56 Å². The van der Waals surface area contributed by atoms with E-state index in [1.807, 2.05) is 0 Å². The molecule has 3 aromatic rings. The van der Waals surface area contributed by atoms with Crippen LogP contribution >= 0.6 is 11.3 Å². The minimum Gasteiger partial charge on any atom is -0.507 e. The Bertz CT molecular complexity index is 1430. The van der Waals surface area contributed by atoms with Crippen LogP contribution in [0.25, 0.3) is 5.76 Å². The average molecular weight is 525 g/mol. The molecule has 0 radical (unpaired) electrons. The van der Waals surface area contributed by atoms with Crippen LogP contribution < -0.4 is 19.1 Å². The first-order valence-electron chi connectivity index (χ1n) is 11.0. The number of esters is 1. The predicted molar refractivity (Wildman–Crippen MR) is 136 cm³/mol. The number of ether oxygens (including phenoxy) is 4. The number of aliphatic hydroxyl groups is 1. The summed E-state index contributed by atoms with van der Waals surface area (Å²) >= 11 is 0.914. The van der Waals surface area contributed by atoms with Gasteiger partial charge >= 0.3 is 11.9 Å². The van der Waals surface area contributed by atoms with Crippen LogP contribution in [0.5, 0.6) is 17.2 Å². The summed E-state index contributed by atoms with van der Waals surface area (Å²) in [6.45, 7) is 1.60. The molecule has 1 fully saturated rings. The van der Waals surface area contributed by atoms with E-state index < -0.39 is 23.7 Å². The molecule has 2 heterocycles. The smallest absolute Gasteiger partial charge is 0.350 e. The number of hydrogen-bond donors (Lipinski definition) is 1. The predicted octanol–water partition coefficient (Wildman–Crippen LogP) is 3.89. The number of aryl methyl sites for hydroxylation is 1. The number of carbonyl (C=O) groups excluding carboxylic acids is 3. The molecule has 1 amide bonds. The first-order valence-corrected chi connectivity index (χ1v) is 11.8. The molecular formula is C26H24N2O8S. The van der Waals surface area contributed by atoms with Crippen LogP contribution in [0.15, 0.2) is 48.0 Å². The van der Waals surface area contributed by atoms with Crippen LogP contribution in [0.2, 0.25) is 0 Å². The van der Waals surface area contributed by atoms with Crippen LogP contribution in [0.4, 0.5) is 5.13 Å². The van der Waals surface area contributed by atoms with E-state index in [4.69, 9.17) is 18.9 Å². The normalized spacial score (nSPS) is 16.6. The molecule has 1 N–H and O–H groups in total. The first kappa shape index (κ1) is 25.7. The van der Waals surface area contributed by atoms with E-state index in [1.165, 1.54) is 33.3 Å². The third-order valence-electron chi connectivity index (χ3n) is 5.87. The molecule has 1 unspecified atom stereocenters. The van der Waals surface area contributed by atoms with Crippen molar-refractivity contribution >= 4 is 39.9 Å². The summed E-state index contributed by atoms with van der Waals surface area (Å²) in [6.07, 6.45) is 0. The van der Waals surface area contributed by atoms with Crippen molar-refractivity contribution in [2.75, 3.05) is 33.3 Å². The Morgan fingerprint density at radius 1 is 1.00 bits per heavy atom. The fraction of sp³-hybridized carbons (Fsp3) is 0.231. The van der Waals surface area contributed by atoms with Gasteiger partial charge in [-0.15, -0.1) is 0 Å². The molecule has 4 rings (SSSR count). The van der Waals surface area contributed by atoms with Gasteiger partial charge in [-0.05, 0) is 36.8 Å². The zero-order valence-corrected chi connectivity index (χ0v) is 21.5. The fourth-order valence-corrected chi connectivity index (χ4v) is 5.07. The van der Waals surface area contributed by atoms with Crippen LogP contribution in [0.1, 0.15) is 32.5 Å². The van der Waals surface area contributed by atoms with Gasteiger partial charge in [0.1, 0.15) is 16.4 Å². The van der Waals surface area contributed by atoms with Gasteiger partial charge in [0.15, 0.2) is 16.6 Å². The van der Waals surface area contributed by atoms with Gasteiger partial charge in [-0.25, -0.2) is 9.78 Å². The number of carbonyl (C=O) groups is 3. The maximum absolute atomic E-state index is 13.4. The number of ketones is 1. The molecule has 1 saturated heterocycles. The SMILES string of the molecule is COC(=O)c1sc(N2C(=O)C(=O)/C(=C(/O)c3cccc(OC)c3)C2c2ccc(OC)c(OC)c2)nc1C. The Morgan fingerprint density at radius 2 is 1.73 bits per heavy atom. The number of methoxy groups -OCH3 is 4. The highest BCUT2D eigenvalue weighted by Crippen LogP contribution is 2.45. The van der Waals surface area contributed by atoms with Crippen molar-refractivity contribution in [1.82, 2.24) is 4.98 Å². The number of nitrogens with zero attached hydrogens (tertiary/aromatic N) is 2. The van der Waals surface area contributed by atoms with E-state index >= 15 is 0 Å². The Kier molecular flexibility index (Phi) is 7.16. The molecule has 0 bridgehead atoms. The van der Waals surface area contributed by atoms with Gasteiger partial charge in [-0.3, -0.25) is 14.5 Å². The molecule has 0 saturated carbocycles. The summed E-state index contributed by atoms with van der Waals surface area (Å²) in [5.74, 6) is -1.56. The Morgan fingerprint density at radius 3 is 2.38 bits per heavy atom. The second-order valence-corrected chi connectivity index (χ2v) is 8.90. The molecule has 2 aromatic carbocycles. The van der Waals surface area contributed by atoms with E-state index in [-0.39, 0.29) is 26.9 Å². The lowest BCUT2D eigenvalue weighted by molar-refractivity contribution is -0.132. The number of Topliss-reactive ketones (excluding diaryl/α,β-unsaturated/α-hetero) is 1. The second-order valence-electron chi connectivity index (χ2n) is 7.92. The molecule has 10 nitrogen and oxygen atoms in total. The van der Waals surface area contributed by atoms with Crippen LogP contribution in [-0.2, 0) is 14.3 Å². The molecule has 1 atom stereocenters. The molecule has 0 aliphatic carbocycles. The Hall–Kier alpha value is -4.38. The highest BCUT2D eigenvalue weighted by molar-refractivity contribution is 7.17. The van der Waals surface area contributed by atoms with Gasteiger partial charge in [0.05, 0.1) is 45.7 Å². The maximum atomic E-state index is 13.4. The zero-order chi connectivity index (χ0) is 26.9. The van der Waals surface area contributed by atoms with Crippen molar-refractivity contribution in [2.45, 2.75) is 13.0 Å². The number of rotatable bonds is 7. The lowest BCUT2D eigenvalue weighted by Gasteiger charge is -2.23. The third-order valence-corrected chi connectivity index (χ3v) is 7.01. The van der Waals surface area contributed by atoms with Crippen molar-refractivity contribution in [3.63, 3.8) is 0 Å². The summed E-state index contributed by atoms with van der Waals surface area (Å²) in [7, 11) is 5.66. The van der Waals surface area contributed by atoms with Crippen molar-refractivity contribution in [3.8, 4) is 17.2 Å². The van der Waals surface area contributed by atoms with Gasteiger partial charge in [-0.2, -0.15) is 0 Å². The van der Waals surface area contributed by atoms with E-state index in [9.17, 15) is 19.5 Å². The molecule has 37 heavy (non-hydrogen) atoms. The number of anilines is 1. The topological polar surface area (TPSA) is 124 Å². The van der Waals surface area contributed by atoms with E-state index in [0.717, 1.165) is 11.3 Å². The monoisotopic (exact) mass is 524 g/mol. The summed E-state index contributed by atoms with van der Waals surface area (Å²) in [4.78, 5) is 44.7. The number of hydrogen-bond acceptors (Lipinski definition) is 10. The number of thiazole rings is 1. The third kappa shape index (κ3) is 4.49. The molecule has 11 heteroatoms. The summed E-state index contributed by atoms with van der Waals surface area (Å²) < 4.78 is 20.8. The van der Waals surface area contributed by atoms with Gasteiger partial charge in [0.2, 0.25) is 0 Å². The van der Waals surface area contributed by atoms with E-state index in [0.29, 0.717) is 28.5 Å². The number of aliphatic hydroxyl groups excluding tert-OH is 1. The van der Waals surface area contributed by atoms with Gasteiger partial charge < -0.3 is 24.1 Å². The quantitative estimate of drug-likeness (QED) is 0.212. The Labute approximate surface area is 216 Å². The van der Waals surface area contributed by atoms with E-state index in [2.05, 4.69) is 4.98 Å². The lowest BCUT2D eigenvalue weighted by atomic mass is 9.95. The van der Waals surface area contributed by atoms with Crippen molar-refractivity contribution < 1.29 is 38.4 Å². The van der Waals surface area contributed by atoms with Crippen molar-refractivity contribution in [2.24, 2.45) is 0 Å². The summed E-state index contributed by atoms with van der Waals surface area (Å²) in [5, 5.41) is 11.4. The van der Waals surface area contributed by atoms with Gasteiger partial charge in [-0.1, -0.05) is 29.5 Å². The summed E-state index contributed by atoms with van der Waals surface area (Å²) in [6, 6.07) is 10.3. The summed E-state index contributed by atoms with van der Waals surface area (Å²) in [5.41, 5.74) is 0.924. The van der Waals surface area contributed by atoms with Crippen LogP contribution in [-0.4, -0.2) is 56.2 Å². The molecule has 1 aliphatic rings. The largest absolute Gasteiger partial charge is 0.507 e. The minimum absolute atomic E-state index is 0.101. The fourth-order valence-electron chi connectivity index (χ4n) is 4.06. The highest BCUT2D eigenvalue weighted by Gasteiger charge is 2.48. The molecule has 1 aliphatic heterocycles. The standard InChI is InChI=1S/C26H24N2O8S/c1-13-23(25(32)36-5)37-26(27-13)28-20(14-9-10-17(34-3)18(12-14)35-4)19(22(30)24(28)31)21(29)15-7-6-8-16(11-15)33-2/h6-12,20,29H,1-5H3/b21-19+. The van der Waals surface area contributed by atoms with Gasteiger partial charge in [0.25, 0.3) is 5.78 Å². The van der Waals surface area contributed by atoms with Crippen LogP contribution in [0, 0.1) is 6.92 Å². The van der Waals surface area contributed by atoms with Crippen molar-refractivity contribution in [3.05, 3.63) is 69.7 Å². The maximum Gasteiger partial charge on any atom is 0.350 e. The molecule has 192 valence electrons. The number of aromatic nitrogens is 1. The van der Waals surface area contributed by atoms with E-state index in [1.54, 1.807) is 49.4 Å². The molecule has 1 aromatic heterocycles. The van der Waals surface area contributed by atoms with Crippen LogP contribution in [0.3, 0.4) is 0 Å². The number of amides is 1. The minimum atomic E-state index is -1.08. The lowest BCUT2D eigenvalue weighted by Crippen LogP contribution is -2.29. The highest BCUT2D eigenvalue weighted by atomic mass is 32.1. The molecule has 0 spiro atoms. The van der Waals surface area contributed by atoms with Crippen molar-refractivity contribution in [1.29, 1.82) is 0 Å². The average Bonchev–Trinajstić information content (AvgIpc) is 3.43. The zero-order valence-electron chi connectivity index (χ0n) is 20.7. The second kappa shape index (κ2) is 10.3. The first-order chi connectivity index (χ1) is 17.7. The Balaban J connectivity index is 1.97. The number of benzene rings is 2. The molecular weight excluding hydrogens is 500 g/mol.